The van der Waals surface area contributed by atoms with Crippen LogP contribution in [0.2, 0.25) is 0 Å². The highest BCUT2D eigenvalue weighted by atomic mass is 19.1. The van der Waals surface area contributed by atoms with Gasteiger partial charge in [0.05, 0.1) is 31.6 Å². The molecule has 0 unspecified atom stereocenters. The van der Waals surface area contributed by atoms with Crippen LogP contribution in [0.4, 0.5) is 10.1 Å². The van der Waals surface area contributed by atoms with E-state index in [1.807, 2.05) is 0 Å². The topological polar surface area (TPSA) is 93.7 Å². The summed E-state index contributed by atoms with van der Waals surface area (Å²) in [7, 11) is 1.54. The van der Waals surface area contributed by atoms with Crippen molar-refractivity contribution in [2.24, 2.45) is 0 Å². The summed E-state index contributed by atoms with van der Waals surface area (Å²) in [5.41, 5.74) is 1.49. The Morgan fingerprint density at radius 1 is 1.19 bits per heavy atom. The van der Waals surface area contributed by atoms with E-state index in [1.54, 1.807) is 45.2 Å². The molecule has 0 spiro atoms. The summed E-state index contributed by atoms with van der Waals surface area (Å²) >= 11 is 0. The zero-order chi connectivity index (χ0) is 22.5. The monoisotopic (exact) mass is 428 g/mol. The molecule has 7 nitrogen and oxygen atoms in total. The van der Waals surface area contributed by atoms with E-state index in [1.165, 1.54) is 18.2 Å². The fourth-order valence-corrected chi connectivity index (χ4v) is 3.51. The molecule has 1 heterocycles. The van der Waals surface area contributed by atoms with Crippen LogP contribution in [0.3, 0.4) is 0 Å². The van der Waals surface area contributed by atoms with Crippen LogP contribution >= 0.6 is 0 Å². The highest BCUT2D eigenvalue weighted by Gasteiger charge is 2.32. The summed E-state index contributed by atoms with van der Waals surface area (Å²) in [5.74, 6) is -1.93. The molecule has 0 fully saturated rings. The summed E-state index contributed by atoms with van der Waals surface area (Å²) < 4.78 is 24.0. The third kappa shape index (κ3) is 5.59. The van der Waals surface area contributed by atoms with Crippen LogP contribution < -0.4 is 15.4 Å². The molecule has 2 aromatic rings. The van der Waals surface area contributed by atoms with Gasteiger partial charge in [0.1, 0.15) is 11.6 Å². The van der Waals surface area contributed by atoms with Crippen molar-refractivity contribution in [3.63, 3.8) is 0 Å². The second kappa shape index (κ2) is 9.59. The number of carbonyl (C=O) groups is 3. The molecular weight excluding hydrogens is 403 g/mol. The number of hydrogen-bond acceptors (Lipinski definition) is 5. The van der Waals surface area contributed by atoms with E-state index in [4.69, 9.17) is 9.47 Å². The first-order valence-electron chi connectivity index (χ1n) is 10.00. The SMILES string of the molecule is COc1ccc([C@@H](CC(=O)OC(C)C)NC(=O)[C@@H]2CC(=O)Nc3cc(F)ccc32)cc1. The highest BCUT2D eigenvalue weighted by Crippen LogP contribution is 2.34. The van der Waals surface area contributed by atoms with Crippen LogP contribution in [0.15, 0.2) is 42.5 Å². The van der Waals surface area contributed by atoms with Crippen LogP contribution in [0.25, 0.3) is 0 Å². The Balaban J connectivity index is 1.85. The molecule has 164 valence electrons. The number of fused-ring (bicyclic) bond motifs is 1. The number of hydrogen-bond donors (Lipinski definition) is 2. The molecule has 1 aliphatic rings. The Morgan fingerprint density at radius 2 is 1.90 bits per heavy atom. The van der Waals surface area contributed by atoms with Crippen molar-refractivity contribution in [2.45, 2.75) is 44.8 Å². The molecule has 2 aromatic carbocycles. The molecule has 0 radical (unpaired) electrons. The summed E-state index contributed by atoms with van der Waals surface area (Å²) in [5, 5.41) is 5.46. The third-order valence-corrected chi connectivity index (χ3v) is 4.94. The van der Waals surface area contributed by atoms with Crippen molar-refractivity contribution in [3.05, 3.63) is 59.4 Å². The molecule has 0 aliphatic carbocycles. The van der Waals surface area contributed by atoms with Crippen molar-refractivity contribution < 1.29 is 28.2 Å². The van der Waals surface area contributed by atoms with Gasteiger partial charge in [-0.25, -0.2) is 4.39 Å². The van der Waals surface area contributed by atoms with Gasteiger partial charge in [0, 0.05) is 12.1 Å². The number of esters is 1. The van der Waals surface area contributed by atoms with Gasteiger partial charge in [-0.05, 0) is 49.2 Å². The van der Waals surface area contributed by atoms with Crippen LogP contribution in [0.5, 0.6) is 5.75 Å². The Hall–Kier alpha value is -3.42. The van der Waals surface area contributed by atoms with E-state index in [9.17, 15) is 18.8 Å². The Morgan fingerprint density at radius 3 is 2.55 bits per heavy atom. The van der Waals surface area contributed by atoms with Crippen molar-refractivity contribution >= 4 is 23.5 Å². The van der Waals surface area contributed by atoms with Crippen LogP contribution in [0.1, 0.15) is 49.8 Å². The molecule has 0 bridgehead atoms. The molecule has 1 aliphatic heterocycles. The predicted octanol–water partition coefficient (Wildman–Crippen LogP) is 3.46. The summed E-state index contributed by atoms with van der Waals surface area (Å²) in [6, 6.07) is 10.2. The number of benzene rings is 2. The number of methoxy groups -OCH3 is 1. The first kappa shape index (κ1) is 22.3. The molecule has 31 heavy (non-hydrogen) atoms. The molecular formula is C23H25FN2O5. The second-order valence-electron chi connectivity index (χ2n) is 7.61. The smallest absolute Gasteiger partial charge is 0.308 e. The lowest BCUT2D eigenvalue weighted by molar-refractivity contribution is -0.148. The standard InChI is InChI=1S/C23H25FN2O5/c1-13(2)31-22(28)12-19(14-4-7-16(30-3)8-5-14)26-23(29)18-11-21(27)25-20-10-15(24)6-9-17(18)20/h4-10,13,18-19H,11-12H2,1-3H3,(H,25,27)(H,26,29)/t18-,19-/m1/s1. The van der Waals surface area contributed by atoms with Gasteiger partial charge in [-0.2, -0.15) is 0 Å². The molecule has 2 atom stereocenters. The normalized spacial score (nSPS) is 16.2. The molecule has 8 heteroatoms. The van der Waals surface area contributed by atoms with E-state index in [-0.39, 0.29) is 30.5 Å². The van der Waals surface area contributed by atoms with Crippen molar-refractivity contribution in [2.75, 3.05) is 12.4 Å². The molecule has 2 N–H and O–H groups in total. The lowest BCUT2D eigenvalue weighted by Gasteiger charge is -2.27. The van der Waals surface area contributed by atoms with Gasteiger partial charge < -0.3 is 20.1 Å². The third-order valence-electron chi connectivity index (χ3n) is 4.94. The molecule has 0 saturated heterocycles. The number of carbonyl (C=O) groups excluding carboxylic acids is 3. The van der Waals surface area contributed by atoms with Gasteiger partial charge in [-0.3, -0.25) is 14.4 Å². The lowest BCUT2D eigenvalue weighted by atomic mass is 9.89. The summed E-state index contributed by atoms with van der Waals surface area (Å²) in [6.45, 7) is 3.49. The molecule has 3 rings (SSSR count). The van der Waals surface area contributed by atoms with Gasteiger partial charge in [0.15, 0.2) is 0 Å². The summed E-state index contributed by atoms with van der Waals surface area (Å²) in [4.78, 5) is 37.5. The van der Waals surface area contributed by atoms with E-state index in [2.05, 4.69) is 10.6 Å². The fourth-order valence-electron chi connectivity index (χ4n) is 3.51. The lowest BCUT2D eigenvalue weighted by Crippen LogP contribution is -2.38. The number of anilines is 1. The Kier molecular flexibility index (Phi) is 6.89. The van der Waals surface area contributed by atoms with Crippen LogP contribution in [0, 0.1) is 5.82 Å². The Labute approximate surface area is 179 Å². The highest BCUT2D eigenvalue weighted by molar-refractivity contribution is 6.01. The Bertz CT molecular complexity index is 974. The maximum Gasteiger partial charge on any atom is 0.308 e. The van der Waals surface area contributed by atoms with E-state index in [0.29, 0.717) is 16.9 Å². The number of halogens is 1. The van der Waals surface area contributed by atoms with Crippen molar-refractivity contribution in [3.8, 4) is 5.75 Å². The van der Waals surface area contributed by atoms with E-state index < -0.39 is 29.7 Å². The number of ether oxygens (including phenoxy) is 2. The van der Waals surface area contributed by atoms with Gasteiger partial charge >= 0.3 is 5.97 Å². The van der Waals surface area contributed by atoms with Crippen molar-refractivity contribution in [1.82, 2.24) is 5.32 Å². The minimum absolute atomic E-state index is 0.0732. The second-order valence-corrected chi connectivity index (χ2v) is 7.61. The van der Waals surface area contributed by atoms with Crippen LogP contribution in [-0.2, 0) is 19.1 Å². The number of rotatable bonds is 7. The fraction of sp³-hybridized carbons (Fsp3) is 0.348. The van der Waals surface area contributed by atoms with Gasteiger partial charge in [0.2, 0.25) is 11.8 Å². The minimum atomic E-state index is -0.800. The minimum Gasteiger partial charge on any atom is -0.497 e. The zero-order valence-electron chi connectivity index (χ0n) is 17.6. The van der Waals surface area contributed by atoms with E-state index in [0.717, 1.165) is 0 Å². The molecule has 0 saturated carbocycles. The summed E-state index contributed by atoms with van der Waals surface area (Å²) in [6.07, 6.45) is -0.440. The van der Waals surface area contributed by atoms with Gasteiger partial charge in [-0.1, -0.05) is 18.2 Å². The maximum atomic E-state index is 13.6. The average Bonchev–Trinajstić information content (AvgIpc) is 2.71. The number of amides is 2. The van der Waals surface area contributed by atoms with Crippen molar-refractivity contribution in [1.29, 1.82) is 0 Å². The average molecular weight is 428 g/mol. The largest absolute Gasteiger partial charge is 0.497 e. The molecule has 2 amide bonds. The van der Waals surface area contributed by atoms with Crippen LogP contribution in [-0.4, -0.2) is 31.0 Å². The van der Waals surface area contributed by atoms with Gasteiger partial charge in [0.25, 0.3) is 0 Å². The molecule has 0 aromatic heterocycles. The quantitative estimate of drug-likeness (QED) is 0.659. The number of nitrogens with one attached hydrogen (secondary N) is 2. The zero-order valence-corrected chi connectivity index (χ0v) is 17.6. The maximum absolute atomic E-state index is 13.6. The van der Waals surface area contributed by atoms with Gasteiger partial charge in [-0.15, -0.1) is 0 Å². The predicted molar refractivity (Wildman–Crippen MR) is 112 cm³/mol. The first-order chi connectivity index (χ1) is 14.8. The van der Waals surface area contributed by atoms with E-state index >= 15 is 0 Å². The first-order valence-corrected chi connectivity index (χ1v) is 10.00.